The van der Waals surface area contributed by atoms with Crippen LogP contribution < -0.4 is 5.32 Å². The average Bonchev–Trinajstić information content (AvgIpc) is 2.80. The minimum atomic E-state index is 0.499. The lowest BCUT2D eigenvalue weighted by Crippen LogP contribution is -2.25. The molecule has 0 saturated carbocycles. The van der Waals surface area contributed by atoms with Crippen LogP contribution in [0.5, 0.6) is 0 Å². The fourth-order valence-corrected chi connectivity index (χ4v) is 3.99. The van der Waals surface area contributed by atoms with E-state index in [0.717, 1.165) is 19.4 Å². The van der Waals surface area contributed by atoms with E-state index >= 15 is 0 Å². The van der Waals surface area contributed by atoms with E-state index in [4.69, 9.17) is 0 Å². The Balaban J connectivity index is 1.54. The third-order valence-electron chi connectivity index (χ3n) is 4.18. The number of hydrogen-bond donors (Lipinski definition) is 2. The highest BCUT2D eigenvalue weighted by Crippen LogP contribution is 2.27. The summed E-state index contributed by atoms with van der Waals surface area (Å²) in [5, 5.41) is 10.8. The summed E-state index contributed by atoms with van der Waals surface area (Å²) in [4.78, 5) is 0. The zero-order chi connectivity index (χ0) is 14.5. The van der Waals surface area contributed by atoms with Crippen molar-refractivity contribution in [2.24, 2.45) is 0 Å². The first-order valence-electron chi connectivity index (χ1n) is 7.72. The van der Waals surface area contributed by atoms with Gasteiger partial charge in [-0.15, -0.1) is 0 Å². The van der Waals surface area contributed by atoms with Crippen molar-refractivity contribution in [1.29, 1.82) is 0 Å². The Morgan fingerprint density at radius 3 is 3.14 bits per heavy atom. The highest BCUT2D eigenvalue weighted by molar-refractivity contribution is 7.99. The Hall–Kier alpha value is -1.26. The maximum absolute atomic E-state index is 4.08. The second kappa shape index (κ2) is 7.14. The van der Waals surface area contributed by atoms with E-state index < -0.39 is 0 Å². The fourth-order valence-electron chi connectivity index (χ4n) is 2.93. The Morgan fingerprint density at radius 1 is 1.38 bits per heavy atom. The molecule has 0 unspecified atom stereocenters. The Kier molecular flexibility index (Phi) is 4.99. The topological polar surface area (TPSA) is 40.7 Å². The third kappa shape index (κ3) is 3.69. The summed E-state index contributed by atoms with van der Waals surface area (Å²) < 4.78 is 0. The Morgan fingerprint density at radius 2 is 2.29 bits per heavy atom. The molecule has 112 valence electrons. The van der Waals surface area contributed by atoms with Crippen molar-refractivity contribution in [3.8, 4) is 0 Å². The van der Waals surface area contributed by atoms with Crippen molar-refractivity contribution in [3.63, 3.8) is 0 Å². The van der Waals surface area contributed by atoms with Gasteiger partial charge in [0.2, 0.25) is 0 Å². The summed E-state index contributed by atoms with van der Waals surface area (Å²) in [5.41, 5.74) is 5.56. The molecule has 0 bridgehead atoms. The molecule has 1 atom stereocenters. The molecule has 0 aliphatic carbocycles. The normalized spacial score (nSPS) is 18.2. The van der Waals surface area contributed by atoms with Gasteiger partial charge < -0.3 is 5.32 Å². The maximum Gasteiger partial charge on any atom is 0.0522 e. The van der Waals surface area contributed by atoms with Gasteiger partial charge in [0.1, 0.15) is 0 Å². The summed E-state index contributed by atoms with van der Waals surface area (Å²) in [6, 6.07) is 9.40. The van der Waals surface area contributed by atoms with Crippen LogP contribution in [0.4, 0.5) is 0 Å². The molecule has 0 amide bonds. The Bertz CT molecular complexity index is 579. The SMILES string of the molecule is Cc1[nH]ncc1CCCN[C@H]1CSCCc2ccccc21. The number of nitrogens with zero attached hydrogens (tertiary/aromatic N) is 1. The zero-order valence-electron chi connectivity index (χ0n) is 12.6. The van der Waals surface area contributed by atoms with Crippen LogP contribution in [0.1, 0.15) is 34.8 Å². The molecular weight excluding hydrogens is 278 g/mol. The number of hydrogen-bond acceptors (Lipinski definition) is 3. The van der Waals surface area contributed by atoms with Crippen LogP contribution in [0.25, 0.3) is 0 Å². The molecule has 1 aromatic carbocycles. The molecule has 1 aliphatic heterocycles. The van der Waals surface area contributed by atoms with E-state index in [9.17, 15) is 0 Å². The van der Waals surface area contributed by atoms with Gasteiger partial charge in [0, 0.05) is 17.5 Å². The molecule has 2 N–H and O–H groups in total. The van der Waals surface area contributed by atoms with Crippen LogP contribution in [0.15, 0.2) is 30.5 Å². The van der Waals surface area contributed by atoms with Crippen molar-refractivity contribution >= 4 is 11.8 Å². The summed E-state index contributed by atoms with van der Waals surface area (Å²) in [6.45, 7) is 3.15. The molecule has 3 rings (SSSR count). The van der Waals surface area contributed by atoms with E-state index in [2.05, 4.69) is 58.5 Å². The first-order valence-corrected chi connectivity index (χ1v) is 8.88. The minimum Gasteiger partial charge on any atom is -0.309 e. The quantitative estimate of drug-likeness (QED) is 0.833. The van der Waals surface area contributed by atoms with Gasteiger partial charge in [-0.3, -0.25) is 5.10 Å². The van der Waals surface area contributed by atoms with Gasteiger partial charge in [0.25, 0.3) is 0 Å². The van der Waals surface area contributed by atoms with Gasteiger partial charge in [-0.25, -0.2) is 0 Å². The molecule has 0 spiro atoms. The maximum atomic E-state index is 4.08. The molecule has 2 aromatic rings. The molecule has 3 nitrogen and oxygen atoms in total. The minimum absolute atomic E-state index is 0.499. The summed E-state index contributed by atoms with van der Waals surface area (Å²) >= 11 is 2.06. The first-order chi connectivity index (χ1) is 10.3. The second-order valence-corrected chi connectivity index (χ2v) is 6.80. The van der Waals surface area contributed by atoms with Crippen LogP contribution >= 0.6 is 11.8 Å². The average molecular weight is 301 g/mol. The number of H-pyrrole nitrogens is 1. The number of aryl methyl sites for hydroxylation is 3. The van der Waals surface area contributed by atoms with Crippen molar-refractivity contribution in [3.05, 3.63) is 52.8 Å². The molecule has 0 fully saturated rings. The van der Waals surface area contributed by atoms with Crippen LogP contribution in [0.3, 0.4) is 0 Å². The zero-order valence-corrected chi connectivity index (χ0v) is 13.4. The van der Waals surface area contributed by atoms with Gasteiger partial charge in [-0.05, 0) is 55.2 Å². The summed E-state index contributed by atoms with van der Waals surface area (Å²) in [5.74, 6) is 2.42. The van der Waals surface area contributed by atoms with Crippen molar-refractivity contribution < 1.29 is 0 Å². The number of thioether (sulfide) groups is 1. The molecule has 1 aromatic heterocycles. The molecular formula is C17H23N3S. The number of rotatable bonds is 5. The highest BCUT2D eigenvalue weighted by atomic mass is 32.2. The lowest BCUT2D eigenvalue weighted by molar-refractivity contribution is 0.563. The third-order valence-corrected chi connectivity index (χ3v) is 5.24. The lowest BCUT2D eigenvalue weighted by atomic mass is 9.99. The second-order valence-electron chi connectivity index (χ2n) is 5.65. The summed E-state index contributed by atoms with van der Waals surface area (Å²) in [7, 11) is 0. The van der Waals surface area contributed by atoms with Crippen LogP contribution in [-0.4, -0.2) is 28.2 Å². The van der Waals surface area contributed by atoms with Crippen molar-refractivity contribution in [1.82, 2.24) is 15.5 Å². The molecule has 0 saturated heterocycles. The molecule has 1 aliphatic rings. The fraction of sp³-hybridized carbons (Fsp3) is 0.471. The van der Waals surface area contributed by atoms with E-state index in [1.54, 1.807) is 0 Å². The largest absolute Gasteiger partial charge is 0.309 e. The molecule has 21 heavy (non-hydrogen) atoms. The first kappa shape index (κ1) is 14.7. The predicted octanol–water partition coefficient (Wildman–Crippen LogP) is 3.27. The van der Waals surface area contributed by atoms with Gasteiger partial charge >= 0.3 is 0 Å². The van der Waals surface area contributed by atoms with E-state index in [-0.39, 0.29) is 0 Å². The van der Waals surface area contributed by atoms with E-state index in [0.29, 0.717) is 6.04 Å². The van der Waals surface area contributed by atoms with Crippen molar-refractivity contribution in [2.45, 2.75) is 32.2 Å². The summed E-state index contributed by atoms with van der Waals surface area (Å²) in [6.07, 6.45) is 5.40. The van der Waals surface area contributed by atoms with Gasteiger partial charge in [-0.2, -0.15) is 16.9 Å². The van der Waals surface area contributed by atoms with Gasteiger partial charge in [0.05, 0.1) is 6.20 Å². The molecule has 0 radical (unpaired) electrons. The molecule has 2 heterocycles. The highest BCUT2D eigenvalue weighted by Gasteiger charge is 2.17. The number of nitrogens with one attached hydrogen (secondary N) is 2. The molecule has 4 heteroatoms. The number of aromatic amines is 1. The number of benzene rings is 1. The number of fused-ring (bicyclic) bond motifs is 1. The van der Waals surface area contributed by atoms with Gasteiger partial charge in [0.15, 0.2) is 0 Å². The number of aromatic nitrogens is 2. The van der Waals surface area contributed by atoms with Crippen LogP contribution in [-0.2, 0) is 12.8 Å². The monoisotopic (exact) mass is 301 g/mol. The van der Waals surface area contributed by atoms with Crippen LogP contribution in [0.2, 0.25) is 0 Å². The Labute approximate surface area is 130 Å². The van der Waals surface area contributed by atoms with E-state index in [1.807, 2.05) is 6.20 Å². The smallest absolute Gasteiger partial charge is 0.0522 e. The van der Waals surface area contributed by atoms with Crippen molar-refractivity contribution in [2.75, 3.05) is 18.1 Å². The van der Waals surface area contributed by atoms with E-state index in [1.165, 1.54) is 40.3 Å². The standard InChI is InChI=1S/C17H23N3S/c1-13-15(11-19-20-13)6-4-9-18-17-12-21-10-8-14-5-2-3-7-16(14)17/h2-3,5,7,11,17-18H,4,6,8-10,12H2,1H3,(H,19,20)/t17-/m0/s1. The predicted molar refractivity (Wildman–Crippen MR) is 89.9 cm³/mol. The van der Waals surface area contributed by atoms with Gasteiger partial charge in [-0.1, -0.05) is 24.3 Å². The van der Waals surface area contributed by atoms with Crippen LogP contribution in [0, 0.1) is 6.92 Å². The lowest BCUT2D eigenvalue weighted by Gasteiger charge is -2.19.